The van der Waals surface area contributed by atoms with Crippen LogP contribution in [0.4, 0.5) is 5.69 Å². The van der Waals surface area contributed by atoms with E-state index in [1.165, 1.54) is 31.4 Å². The molecule has 1 atom stereocenters. The first-order valence-electron chi connectivity index (χ1n) is 10.3. The summed E-state index contributed by atoms with van der Waals surface area (Å²) >= 11 is 19.0. The highest BCUT2D eigenvalue weighted by molar-refractivity contribution is 6.52. The maximum Gasteiger partial charge on any atom is 0.300 e. The molecule has 35 heavy (non-hydrogen) atoms. The summed E-state index contributed by atoms with van der Waals surface area (Å²) in [6, 6.07) is 10.4. The first kappa shape index (κ1) is 24.9. The van der Waals surface area contributed by atoms with Crippen molar-refractivity contribution >= 4 is 57.9 Å². The van der Waals surface area contributed by atoms with Gasteiger partial charge in [-0.25, -0.2) is 0 Å². The van der Waals surface area contributed by atoms with Gasteiger partial charge in [0, 0.05) is 16.9 Å². The highest BCUT2D eigenvalue weighted by Gasteiger charge is 2.48. The number of carbonyl (C=O) groups is 2. The Morgan fingerprint density at radius 3 is 2.34 bits per heavy atom. The third-order valence-electron chi connectivity index (χ3n) is 5.71. The second-order valence-electron chi connectivity index (χ2n) is 7.59. The highest BCUT2D eigenvalue weighted by atomic mass is 35.5. The van der Waals surface area contributed by atoms with E-state index < -0.39 is 23.5 Å². The van der Waals surface area contributed by atoms with Crippen LogP contribution in [0.2, 0.25) is 15.1 Å². The average molecular weight is 534 g/mol. The number of hydrogen-bond acceptors (Lipinski definition) is 6. The molecule has 2 aromatic carbocycles. The van der Waals surface area contributed by atoms with Gasteiger partial charge in [-0.3, -0.25) is 19.5 Å². The minimum atomic E-state index is -1.06. The predicted molar refractivity (Wildman–Crippen MR) is 135 cm³/mol. The van der Waals surface area contributed by atoms with Crippen LogP contribution in [-0.4, -0.2) is 36.0 Å². The molecular formula is C25H19Cl3N2O5. The molecule has 1 aliphatic heterocycles. The zero-order chi connectivity index (χ0) is 25.4. The molecular weight excluding hydrogens is 515 g/mol. The first-order chi connectivity index (χ1) is 16.7. The van der Waals surface area contributed by atoms with Gasteiger partial charge < -0.3 is 14.6 Å². The fourth-order valence-corrected chi connectivity index (χ4v) is 4.90. The number of pyridine rings is 1. The van der Waals surface area contributed by atoms with Gasteiger partial charge >= 0.3 is 0 Å². The Morgan fingerprint density at radius 2 is 1.71 bits per heavy atom. The number of ketones is 1. The Hall–Kier alpha value is -3.26. The number of halogens is 3. The molecule has 0 saturated carbocycles. The number of methoxy groups -OCH3 is 2. The van der Waals surface area contributed by atoms with Crippen LogP contribution in [-0.2, 0) is 9.59 Å². The Kier molecular flexibility index (Phi) is 6.94. The lowest BCUT2D eigenvalue weighted by atomic mass is 9.97. The SMILES string of the molecule is COc1c(Cl)cc(/C(O)=C2\C(=O)C(=O)N(c3cccc(Cl)c3C)C2c2ccccn2)c(OC)c1Cl. The third-order valence-corrected chi connectivity index (χ3v) is 6.74. The van der Waals surface area contributed by atoms with Crippen LogP contribution in [0.15, 0.2) is 54.2 Å². The molecule has 1 saturated heterocycles. The van der Waals surface area contributed by atoms with Crippen LogP contribution in [0.3, 0.4) is 0 Å². The first-order valence-corrected chi connectivity index (χ1v) is 11.4. The fraction of sp³-hybridized carbons (Fsp3) is 0.160. The predicted octanol–water partition coefficient (Wildman–Crippen LogP) is 5.99. The number of ether oxygens (including phenoxy) is 2. The minimum absolute atomic E-state index is 0.00153. The molecule has 180 valence electrons. The summed E-state index contributed by atoms with van der Waals surface area (Å²) in [6.07, 6.45) is 1.53. The van der Waals surface area contributed by atoms with Crippen molar-refractivity contribution in [3.8, 4) is 11.5 Å². The maximum atomic E-state index is 13.4. The second-order valence-corrected chi connectivity index (χ2v) is 8.79. The standard InChI is InChI=1S/C25H19Cl3N2O5/c1-12-14(26)7-6-9-17(12)30-20(16-8-4-5-10-29-16)18(22(32)25(30)33)21(31)13-11-15(27)24(35-3)19(28)23(13)34-2/h4-11,20,31H,1-3H3/b21-18+. The van der Waals surface area contributed by atoms with Crippen LogP contribution in [0.25, 0.3) is 5.76 Å². The van der Waals surface area contributed by atoms with Gasteiger partial charge in [-0.1, -0.05) is 46.9 Å². The van der Waals surface area contributed by atoms with Gasteiger partial charge in [-0.05, 0) is 42.8 Å². The summed E-state index contributed by atoms with van der Waals surface area (Å²) < 4.78 is 10.6. The van der Waals surface area contributed by atoms with Crippen molar-refractivity contribution in [1.29, 1.82) is 0 Å². The normalized spacial score (nSPS) is 17.1. The Labute approximate surface area is 216 Å². The van der Waals surface area contributed by atoms with Gasteiger partial charge in [-0.15, -0.1) is 0 Å². The van der Waals surface area contributed by atoms with Crippen molar-refractivity contribution in [3.05, 3.63) is 86.1 Å². The third kappa shape index (κ3) is 4.10. The Balaban J connectivity index is 2.04. The van der Waals surface area contributed by atoms with Gasteiger partial charge in [0.1, 0.15) is 16.8 Å². The summed E-state index contributed by atoms with van der Waals surface area (Å²) in [5.41, 5.74) is 1.17. The van der Waals surface area contributed by atoms with Crippen LogP contribution in [0.1, 0.15) is 22.9 Å². The van der Waals surface area contributed by atoms with E-state index >= 15 is 0 Å². The van der Waals surface area contributed by atoms with Crippen LogP contribution in [0, 0.1) is 6.92 Å². The van der Waals surface area contributed by atoms with E-state index in [-0.39, 0.29) is 32.7 Å². The molecule has 1 unspecified atom stereocenters. The second kappa shape index (κ2) is 9.77. The number of rotatable bonds is 5. The molecule has 7 nitrogen and oxygen atoms in total. The molecule has 1 aliphatic rings. The quantitative estimate of drug-likeness (QED) is 0.246. The van der Waals surface area contributed by atoms with E-state index in [2.05, 4.69) is 4.98 Å². The van der Waals surface area contributed by atoms with Crippen molar-refractivity contribution in [2.75, 3.05) is 19.1 Å². The summed E-state index contributed by atoms with van der Waals surface area (Å²) in [4.78, 5) is 32.4. The van der Waals surface area contributed by atoms with Crippen molar-refractivity contribution < 1.29 is 24.2 Å². The Morgan fingerprint density at radius 1 is 1.00 bits per heavy atom. The highest BCUT2D eigenvalue weighted by Crippen LogP contribution is 2.48. The van der Waals surface area contributed by atoms with E-state index in [0.29, 0.717) is 22.0 Å². The molecule has 0 aliphatic carbocycles. The smallest absolute Gasteiger partial charge is 0.300 e. The minimum Gasteiger partial charge on any atom is -0.507 e. The zero-order valence-electron chi connectivity index (χ0n) is 18.8. The monoisotopic (exact) mass is 532 g/mol. The van der Waals surface area contributed by atoms with Gasteiger partial charge in [-0.2, -0.15) is 0 Å². The number of amides is 1. The average Bonchev–Trinajstić information content (AvgIpc) is 3.11. The summed E-state index contributed by atoms with van der Waals surface area (Å²) in [7, 11) is 2.72. The zero-order valence-corrected chi connectivity index (χ0v) is 21.1. The molecule has 4 rings (SSSR count). The molecule has 1 fully saturated rings. The van der Waals surface area contributed by atoms with Gasteiger partial charge in [0.25, 0.3) is 11.7 Å². The lowest BCUT2D eigenvalue weighted by Crippen LogP contribution is -2.30. The molecule has 2 heterocycles. The largest absolute Gasteiger partial charge is 0.507 e. The fourth-order valence-electron chi connectivity index (χ4n) is 4.05. The van der Waals surface area contributed by atoms with Crippen molar-refractivity contribution in [2.45, 2.75) is 13.0 Å². The molecule has 3 aromatic rings. The van der Waals surface area contributed by atoms with E-state index in [0.717, 1.165) is 0 Å². The topological polar surface area (TPSA) is 89.0 Å². The van der Waals surface area contributed by atoms with E-state index in [1.807, 2.05) is 0 Å². The summed E-state index contributed by atoms with van der Waals surface area (Å²) in [5.74, 6) is -2.13. The molecule has 0 spiro atoms. The Bertz CT molecular complexity index is 1380. The van der Waals surface area contributed by atoms with E-state index in [1.54, 1.807) is 43.3 Å². The summed E-state index contributed by atoms with van der Waals surface area (Å²) in [6.45, 7) is 1.73. The molecule has 1 aromatic heterocycles. The number of aliphatic hydroxyl groups is 1. The van der Waals surface area contributed by atoms with Crippen molar-refractivity contribution in [2.24, 2.45) is 0 Å². The maximum absolute atomic E-state index is 13.4. The van der Waals surface area contributed by atoms with Gasteiger partial charge in [0.05, 0.1) is 36.1 Å². The number of nitrogens with zero attached hydrogens (tertiary/aromatic N) is 2. The number of benzene rings is 2. The number of carbonyl (C=O) groups excluding carboxylic acids is 2. The lowest BCUT2D eigenvalue weighted by molar-refractivity contribution is -0.132. The number of Topliss-reactive ketones (excluding diaryl/α,β-unsaturated/α-hetero) is 1. The van der Waals surface area contributed by atoms with Gasteiger partial charge in [0.2, 0.25) is 0 Å². The molecule has 10 heteroatoms. The molecule has 0 radical (unpaired) electrons. The van der Waals surface area contributed by atoms with E-state index in [4.69, 9.17) is 44.3 Å². The number of hydrogen-bond donors (Lipinski definition) is 1. The van der Waals surface area contributed by atoms with E-state index in [9.17, 15) is 14.7 Å². The number of aliphatic hydroxyl groups excluding tert-OH is 1. The number of anilines is 1. The van der Waals surface area contributed by atoms with Crippen molar-refractivity contribution in [3.63, 3.8) is 0 Å². The van der Waals surface area contributed by atoms with Gasteiger partial charge in [0.15, 0.2) is 11.5 Å². The van der Waals surface area contributed by atoms with Crippen LogP contribution >= 0.6 is 34.8 Å². The molecule has 1 amide bonds. The van der Waals surface area contributed by atoms with Crippen LogP contribution in [0.5, 0.6) is 11.5 Å². The number of aromatic nitrogens is 1. The summed E-state index contributed by atoms with van der Waals surface area (Å²) in [5, 5.41) is 11.9. The van der Waals surface area contributed by atoms with Crippen molar-refractivity contribution in [1.82, 2.24) is 4.98 Å². The van der Waals surface area contributed by atoms with Crippen LogP contribution < -0.4 is 14.4 Å². The lowest BCUT2D eigenvalue weighted by Gasteiger charge is -2.26. The molecule has 0 bridgehead atoms. The molecule has 1 N–H and O–H groups in total.